The van der Waals surface area contributed by atoms with Gasteiger partial charge in [0, 0.05) is 34.6 Å². The summed E-state index contributed by atoms with van der Waals surface area (Å²) in [5.74, 6) is 1.22. The van der Waals surface area contributed by atoms with Gasteiger partial charge in [0.05, 0.1) is 5.69 Å². The van der Waals surface area contributed by atoms with Gasteiger partial charge in [0.25, 0.3) is 0 Å². The van der Waals surface area contributed by atoms with E-state index in [9.17, 15) is 0 Å². The maximum atomic E-state index is 3.72. The minimum absolute atomic E-state index is 0.593. The van der Waals surface area contributed by atoms with Crippen molar-refractivity contribution in [1.82, 2.24) is 5.32 Å². The van der Waals surface area contributed by atoms with Crippen molar-refractivity contribution in [2.24, 2.45) is 0 Å². The van der Waals surface area contributed by atoms with Crippen molar-refractivity contribution in [1.29, 1.82) is 0 Å². The molecule has 1 heterocycles. The number of nitrogens with one attached hydrogen (secondary N) is 1. The smallest absolute Gasteiger partial charge is 0.0513 e. The number of nitrogens with zero attached hydrogens (tertiary/aromatic N) is 1. The number of rotatable bonds is 3. The Bertz CT molecular complexity index is 411. The van der Waals surface area contributed by atoms with E-state index in [4.69, 9.17) is 0 Å². The van der Waals surface area contributed by atoms with Crippen LogP contribution in [0.5, 0.6) is 0 Å². The van der Waals surface area contributed by atoms with Gasteiger partial charge in [0.1, 0.15) is 0 Å². The molecule has 1 saturated heterocycles. The normalized spacial score (nSPS) is 24.3. The first kappa shape index (κ1) is 14.2. The quantitative estimate of drug-likeness (QED) is 0.914. The van der Waals surface area contributed by atoms with Crippen molar-refractivity contribution in [2.45, 2.75) is 31.7 Å². The van der Waals surface area contributed by atoms with Gasteiger partial charge in [-0.25, -0.2) is 0 Å². The fourth-order valence-corrected chi connectivity index (χ4v) is 4.12. The Morgan fingerprint density at radius 1 is 1.44 bits per heavy atom. The Kier molecular flexibility index (Phi) is 4.98. The highest BCUT2D eigenvalue weighted by molar-refractivity contribution is 9.10. The van der Waals surface area contributed by atoms with Crippen molar-refractivity contribution in [3.8, 4) is 0 Å². The molecule has 18 heavy (non-hydrogen) atoms. The van der Waals surface area contributed by atoms with Gasteiger partial charge >= 0.3 is 0 Å². The molecule has 0 amide bonds. The summed E-state index contributed by atoms with van der Waals surface area (Å²) in [7, 11) is 1.98. The molecule has 4 heteroatoms. The van der Waals surface area contributed by atoms with E-state index >= 15 is 0 Å². The second-order valence-electron chi connectivity index (χ2n) is 4.83. The van der Waals surface area contributed by atoms with Crippen LogP contribution in [0.4, 0.5) is 5.69 Å². The van der Waals surface area contributed by atoms with Gasteiger partial charge in [0.15, 0.2) is 0 Å². The van der Waals surface area contributed by atoms with Gasteiger partial charge < -0.3 is 10.2 Å². The summed E-state index contributed by atoms with van der Waals surface area (Å²) in [4.78, 5) is 2.52. The van der Waals surface area contributed by atoms with E-state index in [1.165, 1.54) is 21.5 Å². The van der Waals surface area contributed by atoms with Crippen LogP contribution in [0.2, 0.25) is 0 Å². The van der Waals surface area contributed by atoms with E-state index in [1.54, 1.807) is 0 Å². The second-order valence-corrected chi connectivity index (χ2v) is 7.17. The van der Waals surface area contributed by atoms with Crippen LogP contribution in [0.15, 0.2) is 22.7 Å². The van der Waals surface area contributed by atoms with Crippen molar-refractivity contribution in [3.63, 3.8) is 0 Å². The number of hydrogen-bond donors (Lipinski definition) is 1. The highest BCUT2D eigenvalue weighted by atomic mass is 79.9. The van der Waals surface area contributed by atoms with Crippen LogP contribution in [-0.4, -0.2) is 30.6 Å². The second kappa shape index (κ2) is 6.31. The monoisotopic (exact) mass is 328 g/mol. The predicted octanol–water partition coefficient (Wildman–Crippen LogP) is 3.50. The van der Waals surface area contributed by atoms with Gasteiger partial charge in [-0.3, -0.25) is 0 Å². The number of hydrogen-bond acceptors (Lipinski definition) is 3. The molecule has 1 aromatic rings. The Hall–Kier alpha value is -0.190. The zero-order chi connectivity index (χ0) is 13.1. The number of halogens is 1. The maximum Gasteiger partial charge on any atom is 0.0513 e. The Morgan fingerprint density at radius 2 is 2.22 bits per heavy atom. The third-order valence-corrected chi connectivity index (χ3v) is 5.56. The molecule has 2 unspecified atom stereocenters. The van der Waals surface area contributed by atoms with Crippen LogP contribution in [0.1, 0.15) is 19.4 Å². The molecule has 0 aliphatic carbocycles. The number of benzene rings is 1. The van der Waals surface area contributed by atoms with Gasteiger partial charge in [-0.05, 0) is 47.6 Å². The molecule has 2 rings (SSSR count). The van der Waals surface area contributed by atoms with Crippen LogP contribution in [0.25, 0.3) is 0 Å². The van der Waals surface area contributed by atoms with Gasteiger partial charge in [0.2, 0.25) is 0 Å². The molecular weight excluding hydrogens is 308 g/mol. The largest absolute Gasteiger partial charge is 0.366 e. The van der Waals surface area contributed by atoms with Crippen LogP contribution < -0.4 is 10.2 Å². The van der Waals surface area contributed by atoms with Crippen LogP contribution in [-0.2, 0) is 6.54 Å². The summed E-state index contributed by atoms with van der Waals surface area (Å²) in [6.07, 6.45) is 0. The Morgan fingerprint density at radius 3 is 2.89 bits per heavy atom. The van der Waals surface area contributed by atoms with Gasteiger partial charge in [-0.2, -0.15) is 11.8 Å². The summed E-state index contributed by atoms with van der Waals surface area (Å²) in [6.45, 7) is 6.70. The fraction of sp³-hybridized carbons (Fsp3) is 0.571. The molecular formula is C14H21BrN2S. The van der Waals surface area contributed by atoms with E-state index in [0.717, 1.165) is 13.1 Å². The lowest BCUT2D eigenvalue weighted by Crippen LogP contribution is -2.44. The third kappa shape index (κ3) is 3.03. The fourth-order valence-electron chi connectivity index (χ4n) is 2.37. The molecule has 0 spiro atoms. The SMILES string of the molecule is CNCc1ccc(N2CCSC(C)C2C)c(Br)c1. The first-order valence-corrected chi connectivity index (χ1v) is 8.29. The predicted molar refractivity (Wildman–Crippen MR) is 85.6 cm³/mol. The number of anilines is 1. The Labute approximate surface area is 123 Å². The first-order chi connectivity index (χ1) is 8.63. The van der Waals surface area contributed by atoms with Crippen LogP contribution >= 0.6 is 27.7 Å². The first-order valence-electron chi connectivity index (χ1n) is 6.44. The highest BCUT2D eigenvalue weighted by Crippen LogP contribution is 2.34. The molecule has 2 atom stereocenters. The topological polar surface area (TPSA) is 15.3 Å². The minimum Gasteiger partial charge on any atom is -0.366 e. The average molecular weight is 329 g/mol. The summed E-state index contributed by atoms with van der Waals surface area (Å²) in [5.41, 5.74) is 2.65. The van der Waals surface area contributed by atoms with E-state index in [2.05, 4.69) is 70.0 Å². The molecule has 1 fully saturated rings. The Balaban J connectivity index is 2.22. The summed E-state index contributed by atoms with van der Waals surface area (Å²) >= 11 is 5.80. The van der Waals surface area contributed by atoms with Crippen molar-refractivity contribution >= 4 is 33.4 Å². The van der Waals surface area contributed by atoms with Gasteiger partial charge in [-0.1, -0.05) is 13.0 Å². The summed E-state index contributed by atoms with van der Waals surface area (Å²) < 4.78 is 1.21. The lowest BCUT2D eigenvalue weighted by atomic mass is 10.1. The molecule has 1 aliphatic heterocycles. The zero-order valence-electron chi connectivity index (χ0n) is 11.2. The van der Waals surface area contributed by atoms with Crippen LogP contribution in [0.3, 0.4) is 0 Å². The number of thioether (sulfide) groups is 1. The summed E-state index contributed by atoms with van der Waals surface area (Å²) in [6, 6.07) is 7.28. The van der Waals surface area contributed by atoms with Crippen molar-refractivity contribution in [2.75, 3.05) is 24.2 Å². The summed E-state index contributed by atoms with van der Waals surface area (Å²) in [5, 5.41) is 3.89. The van der Waals surface area contributed by atoms with Gasteiger partial charge in [-0.15, -0.1) is 0 Å². The minimum atomic E-state index is 0.593. The molecule has 1 N–H and O–H groups in total. The molecule has 1 aromatic carbocycles. The molecule has 2 nitrogen and oxygen atoms in total. The lowest BCUT2D eigenvalue weighted by molar-refractivity contribution is 0.626. The molecule has 1 aliphatic rings. The maximum absolute atomic E-state index is 3.72. The molecule has 0 bridgehead atoms. The zero-order valence-corrected chi connectivity index (χ0v) is 13.6. The third-order valence-electron chi connectivity index (χ3n) is 3.59. The molecule has 100 valence electrons. The molecule has 0 radical (unpaired) electrons. The average Bonchev–Trinajstić information content (AvgIpc) is 2.34. The van der Waals surface area contributed by atoms with E-state index in [-0.39, 0.29) is 0 Å². The van der Waals surface area contributed by atoms with Crippen molar-refractivity contribution in [3.05, 3.63) is 28.2 Å². The van der Waals surface area contributed by atoms with E-state index < -0.39 is 0 Å². The molecule has 0 aromatic heterocycles. The highest BCUT2D eigenvalue weighted by Gasteiger charge is 2.26. The lowest BCUT2D eigenvalue weighted by Gasteiger charge is -2.39. The van der Waals surface area contributed by atoms with E-state index in [0.29, 0.717) is 11.3 Å². The molecule has 0 saturated carbocycles. The van der Waals surface area contributed by atoms with Crippen molar-refractivity contribution < 1.29 is 0 Å². The van der Waals surface area contributed by atoms with E-state index in [1.807, 2.05) is 7.05 Å². The standard InChI is InChI=1S/C14H21BrN2S/c1-10-11(2)18-7-6-17(10)14-5-4-12(9-16-3)8-13(14)15/h4-5,8,10-11,16H,6-7,9H2,1-3H3. The van der Waals surface area contributed by atoms with Crippen LogP contribution in [0, 0.1) is 0 Å².